The van der Waals surface area contributed by atoms with E-state index in [9.17, 15) is 14.9 Å². The molecule has 0 radical (unpaired) electrons. The average molecular weight is 428 g/mol. The Labute approximate surface area is 176 Å². The first-order chi connectivity index (χ1) is 14.6. The summed E-state index contributed by atoms with van der Waals surface area (Å²) in [5.74, 6) is -0.365. The summed E-state index contributed by atoms with van der Waals surface area (Å²) in [6.45, 7) is 2.94. The Morgan fingerprint density at radius 3 is 3.00 bits per heavy atom. The van der Waals surface area contributed by atoms with Crippen LogP contribution in [-0.4, -0.2) is 45.5 Å². The number of nitrogens with one attached hydrogen (secondary N) is 1. The highest BCUT2D eigenvalue weighted by Gasteiger charge is 2.33. The van der Waals surface area contributed by atoms with Crippen LogP contribution in [0.15, 0.2) is 30.6 Å². The molecule has 0 aliphatic carbocycles. The van der Waals surface area contributed by atoms with Crippen LogP contribution in [0.25, 0.3) is 10.2 Å². The predicted molar refractivity (Wildman–Crippen MR) is 113 cm³/mol. The molecule has 0 saturated carbocycles. The van der Waals surface area contributed by atoms with Crippen molar-refractivity contribution in [1.82, 2.24) is 15.0 Å². The number of anilines is 3. The zero-order chi connectivity index (χ0) is 21.1. The summed E-state index contributed by atoms with van der Waals surface area (Å²) in [6.07, 6.45) is 2.68. The Morgan fingerprint density at radius 1 is 1.40 bits per heavy atom. The molecule has 0 spiro atoms. The van der Waals surface area contributed by atoms with Crippen LogP contribution in [-0.2, 0) is 9.53 Å². The van der Waals surface area contributed by atoms with E-state index in [1.165, 1.54) is 17.7 Å². The molecule has 11 heteroatoms. The molecule has 1 saturated heterocycles. The van der Waals surface area contributed by atoms with Crippen molar-refractivity contribution < 1.29 is 14.5 Å². The number of esters is 1. The average Bonchev–Trinajstić information content (AvgIpc) is 3.16. The van der Waals surface area contributed by atoms with Crippen molar-refractivity contribution in [2.45, 2.75) is 19.8 Å². The Kier molecular flexibility index (Phi) is 5.70. The molecule has 1 aliphatic rings. The first-order valence-corrected chi connectivity index (χ1v) is 10.4. The fourth-order valence-electron chi connectivity index (χ4n) is 3.51. The summed E-state index contributed by atoms with van der Waals surface area (Å²) in [7, 11) is 0. The minimum Gasteiger partial charge on any atom is -0.466 e. The third-order valence-electron chi connectivity index (χ3n) is 4.85. The number of thiazole rings is 1. The Balaban J connectivity index is 1.64. The van der Waals surface area contributed by atoms with Gasteiger partial charge in [-0.05, 0) is 31.9 Å². The van der Waals surface area contributed by atoms with E-state index in [0.717, 1.165) is 10.2 Å². The molecule has 3 heterocycles. The van der Waals surface area contributed by atoms with E-state index in [1.54, 1.807) is 11.8 Å². The molecule has 1 aliphatic heterocycles. The van der Waals surface area contributed by atoms with Gasteiger partial charge in [-0.3, -0.25) is 14.9 Å². The second-order valence-corrected chi connectivity index (χ2v) is 7.83. The fourth-order valence-corrected chi connectivity index (χ4v) is 4.37. The molecule has 30 heavy (non-hydrogen) atoms. The molecule has 1 atom stereocenters. The fraction of sp³-hybridized carbons (Fsp3) is 0.368. The molecular weight excluding hydrogens is 408 g/mol. The van der Waals surface area contributed by atoms with E-state index < -0.39 is 4.92 Å². The topological polar surface area (TPSA) is 123 Å². The summed E-state index contributed by atoms with van der Waals surface area (Å²) in [5.41, 5.74) is 0.566. The lowest BCUT2D eigenvalue weighted by Gasteiger charge is -2.32. The largest absolute Gasteiger partial charge is 0.466 e. The Hall–Kier alpha value is -3.34. The van der Waals surface area contributed by atoms with Gasteiger partial charge in [0, 0.05) is 13.1 Å². The van der Waals surface area contributed by atoms with Crippen LogP contribution in [0.1, 0.15) is 19.8 Å². The van der Waals surface area contributed by atoms with Crippen LogP contribution < -0.4 is 10.2 Å². The van der Waals surface area contributed by atoms with Crippen molar-refractivity contribution in [1.29, 1.82) is 0 Å². The zero-order valence-electron chi connectivity index (χ0n) is 16.3. The lowest BCUT2D eigenvalue weighted by molar-refractivity contribution is -0.383. The molecule has 156 valence electrons. The number of nitrogens with zero attached hydrogens (tertiary/aromatic N) is 5. The number of hydrogen-bond donors (Lipinski definition) is 1. The number of piperidine rings is 1. The maximum atomic E-state index is 12.2. The molecular formula is C19H20N6O4S. The molecule has 1 unspecified atom stereocenters. The maximum absolute atomic E-state index is 12.2. The van der Waals surface area contributed by atoms with Gasteiger partial charge in [0.2, 0.25) is 11.6 Å². The zero-order valence-corrected chi connectivity index (χ0v) is 17.1. The number of aromatic nitrogens is 3. The third-order valence-corrected chi connectivity index (χ3v) is 5.80. The van der Waals surface area contributed by atoms with Crippen LogP contribution >= 0.6 is 11.3 Å². The lowest BCUT2D eigenvalue weighted by Crippen LogP contribution is -2.40. The van der Waals surface area contributed by atoms with Crippen molar-refractivity contribution in [3.05, 3.63) is 40.7 Å². The van der Waals surface area contributed by atoms with Gasteiger partial charge in [0.05, 0.1) is 27.7 Å². The highest BCUT2D eigenvalue weighted by molar-refractivity contribution is 7.22. The first-order valence-electron chi connectivity index (χ1n) is 9.60. The van der Waals surface area contributed by atoms with Crippen molar-refractivity contribution in [2.75, 3.05) is 29.9 Å². The minimum absolute atomic E-state index is 0.0716. The Morgan fingerprint density at radius 2 is 2.23 bits per heavy atom. The monoisotopic (exact) mass is 428 g/mol. The molecule has 2 aromatic heterocycles. The van der Waals surface area contributed by atoms with Gasteiger partial charge >= 0.3 is 11.7 Å². The minimum atomic E-state index is -0.501. The summed E-state index contributed by atoms with van der Waals surface area (Å²) in [6, 6.07) is 7.60. The van der Waals surface area contributed by atoms with E-state index in [1.807, 2.05) is 24.3 Å². The number of fused-ring (bicyclic) bond motifs is 1. The van der Waals surface area contributed by atoms with E-state index in [2.05, 4.69) is 20.3 Å². The van der Waals surface area contributed by atoms with E-state index in [4.69, 9.17) is 4.74 Å². The number of hydrogen-bond acceptors (Lipinski definition) is 10. The van der Waals surface area contributed by atoms with Gasteiger partial charge in [0.1, 0.15) is 6.33 Å². The lowest BCUT2D eigenvalue weighted by atomic mass is 9.98. The Bertz CT molecular complexity index is 1050. The number of carbonyl (C=O) groups is 1. The number of nitro groups is 1. The van der Waals surface area contributed by atoms with Crippen molar-refractivity contribution in [3.8, 4) is 0 Å². The second kappa shape index (κ2) is 8.57. The van der Waals surface area contributed by atoms with E-state index in [-0.39, 0.29) is 29.2 Å². The van der Waals surface area contributed by atoms with Crippen LogP contribution in [0.3, 0.4) is 0 Å². The van der Waals surface area contributed by atoms with Gasteiger partial charge in [0.15, 0.2) is 5.13 Å². The quantitative estimate of drug-likeness (QED) is 0.357. The summed E-state index contributed by atoms with van der Waals surface area (Å²) >= 11 is 1.38. The SMILES string of the molecule is CCOC(=O)C1CCCN(c2ncnc(Nc3nc4ccccc4s3)c2[N+](=O)[O-])C1. The van der Waals surface area contributed by atoms with Gasteiger partial charge in [-0.25, -0.2) is 15.0 Å². The van der Waals surface area contributed by atoms with Crippen LogP contribution in [0.5, 0.6) is 0 Å². The molecule has 1 fully saturated rings. The molecule has 3 aromatic rings. The second-order valence-electron chi connectivity index (χ2n) is 6.80. The van der Waals surface area contributed by atoms with Gasteiger partial charge in [-0.15, -0.1) is 0 Å². The number of ether oxygens (including phenoxy) is 1. The predicted octanol–water partition coefficient (Wildman–Crippen LogP) is 3.52. The van der Waals surface area contributed by atoms with Crippen LogP contribution in [0.2, 0.25) is 0 Å². The molecule has 10 nitrogen and oxygen atoms in total. The highest BCUT2D eigenvalue weighted by Crippen LogP contribution is 2.37. The molecule has 0 bridgehead atoms. The van der Waals surface area contributed by atoms with Gasteiger partial charge in [-0.1, -0.05) is 23.5 Å². The molecule has 1 N–H and O–H groups in total. The van der Waals surface area contributed by atoms with E-state index in [0.29, 0.717) is 37.7 Å². The summed E-state index contributed by atoms with van der Waals surface area (Å²) in [5, 5.41) is 15.4. The van der Waals surface area contributed by atoms with Gasteiger partial charge in [0.25, 0.3) is 0 Å². The number of carbonyl (C=O) groups excluding carboxylic acids is 1. The molecule has 1 aromatic carbocycles. The normalized spacial score (nSPS) is 16.4. The van der Waals surface area contributed by atoms with Gasteiger partial charge < -0.3 is 15.0 Å². The van der Waals surface area contributed by atoms with Crippen LogP contribution in [0.4, 0.5) is 22.5 Å². The smallest absolute Gasteiger partial charge is 0.353 e. The van der Waals surface area contributed by atoms with Crippen molar-refractivity contribution in [2.24, 2.45) is 5.92 Å². The number of rotatable bonds is 6. The summed E-state index contributed by atoms with van der Waals surface area (Å²) in [4.78, 5) is 38.0. The van der Waals surface area contributed by atoms with Crippen molar-refractivity contribution in [3.63, 3.8) is 0 Å². The molecule has 0 amide bonds. The standard InChI is InChI=1S/C19H20N6O4S/c1-2-29-18(26)12-6-5-9-24(10-12)17-15(25(27)28)16(20-11-21-17)23-19-22-13-7-3-4-8-14(13)30-19/h3-4,7-8,11-12H,2,5-6,9-10H2,1H3,(H,20,21,22,23). The van der Waals surface area contributed by atoms with Crippen LogP contribution in [0, 0.1) is 16.0 Å². The van der Waals surface area contributed by atoms with E-state index >= 15 is 0 Å². The number of para-hydroxylation sites is 1. The maximum Gasteiger partial charge on any atom is 0.353 e. The summed E-state index contributed by atoms with van der Waals surface area (Å²) < 4.78 is 6.09. The van der Waals surface area contributed by atoms with Gasteiger partial charge in [-0.2, -0.15) is 0 Å². The highest BCUT2D eigenvalue weighted by atomic mass is 32.1. The third kappa shape index (κ3) is 4.01. The molecule has 4 rings (SSSR count). The number of benzene rings is 1. The first kappa shape index (κ1) is 20.0. The van der Waals surface area contributed by atoms with Crippen molar-refractivity contribution >= 4 is 50.0 Å².